The Morgan fingerprint density at radius 3 is 2.75 bits per heavy atom. The van der Waals surface area contributed by atoms with Crippen LogP contribution in [0.1, 0.15) is 25.3 Å². The van der Waals surface area contributed by atoms with E-state index in [1.165, 1.54) is 23.3 Å². The minimum absolute atomic E-state index is 0.0901. The van der Waals surface area contributed by atoms with Crippen LogP contribution < -0.4 is 5.32 Å². The molecule has 1 N–H and O–H groups in total. The summed E-state index contributed by atoms with van der Waals surface area (Å²) in [6.45, 7) is 2.18. The van der Waals surface area contributed by atoms with Crippen molar-refractivity contribution in [2.24, 2.45) is 0 Å². The minimum atomic E-state index is -0.0901. The second-order valence-electron chi connectivity index (χ2n) is 4.13. The van der Waals surface area contributed by atoms with Gasteiger partial charge in [-0.05, 0) is 30.5 Å². The van der Waals surface area contributed by atoms with E-state index in [1.807, 2.05) is 18.2 Å². The number of amides is 2. The van der Waals surface area contributed by atoms with E-state index in [2.05, 4.69) is 18.3 Å². The van der Waals surface area contributed by atoms with E-state index in [4.69, 9.17) is 0 Å². The van der Waals surface area contributed by atoms with Gasteiger partial charge < -0.3 is 10.2 Å². The van der Waals surface area contributed by atoms with Gasteiger partial charge in [-0.1, -0.05) is 25.5 Å². The number of urea groups is 1. The number of hydrogen-bond donors (Lipinski definition) is 1. The van der Waals surface area contributed by atoms with Crippen LogP contribution in [0.5, 0.6) is 0 Å². The lowest BCUT2D eigenvalue weighted by molar-refractivity contribution is 0.230. The van der Waals surface area contributed by atoms with Gasteiger partial charge in [-0.2, -0.15) is 0 Å². The summed E-state index contributed by atoms with van der Waals surface area (Å²) in [5.41, 5.74) is 2.14. The number of nitrogens with zero attached hydrogens (tertiary/aromatic N) is 1. The summed E-state index contributed by atoms with van der Waals surface area (Å²) in [4.78, 5) is 13.0. The molecule has 0 saturated heterocycles. The van der Waals surface area contributed by atoms with Crippen LogP contribution in [0, 0.1) is 0 Å². The minimum Gasteiger partial charge on any atom is -0.331 e. The highest BCUT2D eigenvalue weighted by molar-refractivity contribution is 5.88. The van der Waals surface area contributed by atoms with Crippen molar-refractivity contribution in [3.8, 4) is 0 Å². The molecule has 0 aliphatic carbocycles. The number of anilines is 1. The van der Waals surface area contributed by atoms with Gasteiger partial charge in [0, 0.05) is 19.8 Å². The molecule has 1 rings (SSSR count). The number of hydrogen-bond acceptors (Lipinski definition) is 1. The predicted molar refractivity (Wildman–Crippen MR) is 67.8 cm³/mol. The van der Waals surface area contributed by atoms with E-state index in [0.29, 0.717) is 0 Å². The second-order valence-corrected chi connectivity index (χ2v) is 4.13. The van der Waals surface area contributed by atoms with Crippen LogP contribution in [-0.2, 0) is 6.42 Å². The maximum Gasteiger partial charge on any atom is 0.321 e. The maximum atomic E-state index is 11.5. The van der Waals surface area contributed by atoms with Crippen LogP contribution in [-0.4, -0.2) is 25.0 Å². The summed E-state index contributed by atoms with van der Waals surface area (Å²) in [6.07, 6.45) is 3.45. The van der Waals surface area contributed by atoms with E-state index >= 15 is 0 Å². The first-order valence-electron chi connectivity index (χ1n) is 5.70. The molecule has 0 radical (unpaired) electrons. The third-order valence-corrected chi connectivity index (χ3v) is 2.40. The van der Waals surface area contributed by atoms with Crippen molar-refractivity contribution in [3.63, 3.8) is 0 Å². The molecule has 1 aromatic rings. The topological polar surface area (TPSA) is 32.3 Å². The first kappa shape index (κ1) is 12.6. The fraction of sp³-hybridized carbons (Fsp3) is 0.462. The van der Waals surface area contributed by atoms with Crippen LogP contribution >= 0.6 is 0 Å². The highest BCUT2D eigenvalue weighted by atomic mass is 16.2. The highest BCUT2D eigenvalue weighted by Crippen LogP contribution is 2.13. The van der Waals surface area contributed by atoms with E-state index in [1.54, 1.807) is 14.1 Å². The monoisotopic (exact) mass is 220 g/mol. The summed E-state index contributed by atoms with van der Waals surface area (Å²) in [5, 5.41) is 2.85. The SMILES string of the molecule is CCCCc1cccc(NC(=O)N(C)C)c1. The molecule has 0 heterocycles. The first-order valence-corrected chi connectivity index (χ1v) is 5.70. The second kappa shape index (κ2) is 6.16. The Morgan fingerprint density at radius 2 is 2.12 bits per heavy atom. The average Bonchev–Trinajstić information content (AvgIpc) is 2.26. The largest absolute Gasteiger partial charge is 0.331 e. The van der Waals surface area contributed by atoms with Crippen LogP contribution in [0.4, 0.5) is 10.5 Å². The Kier molecular flexibility index (Phi) is 4.83. The average molecular weight is 220 g/mol. The maximum absolute atomic E-state index is 11.5. The molecule has 3 nitrogen and oxygen atoms in total. The summed E-state index contributed by atoms with van der Waals surface area (Å²) < 4.78 is 0. The summed E-state index contributed by atoms with van der Waals surface area (Å²) in [5.74, 6) is 0. The number of aryl methyl sites for hydroxylation is 1. The third-order valence-electron chi connectivity index (χ3n) is 2.40. The van der Waals surface area contributed by atoms with E-state index < -0.39 is 0 Å². The molecule has 88 valence electrons. The molecular weight excluding hydrogens is 200 g/mol. The van der Waals surface area contributed by atoms with Gasteiger partial charge in [-0.15, -0.1) is 0 Å². The van der Waals surface area contributed by atoms with Gasteiger partial charge in [0.15, 0.2) is 0 Å². The molecule has 0 atom stereocenters. The Balaban J connectivity index is 2.63. The van der Waals surface area contributed by atoms with Crippen molar-refractivity contribution in [3.05, 3.63) is 29.8 Å². The smallest absolute Gasteiger partial charge is 0.321 e. The lowest BCUT2D eigenvalue weighted by Crippen LogP contribution is -2.27. The molecule has 3 heteroatoms. The van der Waals surface area contributed by atoms with Gasteiger partial charge in [-0.25, -0.2) is 4.79 Å². The Hall–Kier alpha value is -1.51. The molecule has 0 bridgehead atoms. The quantitative estimate of drug-likeness (QED) is 0.830. The summed E-state index contributed by atoms with van der Waals surface area (Å²) in [6, 6.07) is 7.94. The number of carbonyl (C=O) groups is 1. The highest BCUT2D eigenvalue weighted by Gasteiger charge is 2.03. The number of unbranched alkanes of at least 4 members (excludes halogenated alkanes) is 1. The zero-order valence-corrected chi connectivity index (χ0v) is 10.3. The lowest BCUT2D eigenvalue weighted by atomic mass is 10.1. The van der Waals surface area contributed by atoms with Gasteiger partial charge >= 0.3 is 6.03 Å². The van der Waals surface area contributed by atoms with Gasteiger partial charge in [-0.3, -0.25) is 0 Å². The predicted octanol–water partition coefficient (Wildman–Crippen LogP) is 3.12. The van der Waals surface area contributed by atoms with Crippen molar-refractivity contribution in [1.29, 1.82) is 0 Å². The van der Waals surface area contributed by atoms with Gasteiger partial charge in [0.25, 0.3) is 0 Å². The fourth-order valence-electron chi connectivity index (χ4n) is 1.42. The van der Waals surface area contributed by atoms with E-state index in [-0.39, 0.29) is 6.03 Å². The zero-order chi connectivity index (χ0) is 12.0. The van der Waals surface area contributed by atoms with Crippen molar-refractivity contribution < 1.29 is 4.79 Å². The van der Waals surface area contributed by atoms with Crippen LogP contribution in [0.25, 0.3) is 0 Å². The Bertz CT molecular complexity index is 348. The number of benzene rings is 1. The summed E-state index contributed by atoms with van der Waals surface area (Å²) in [7, 11) is 3.46. The fourth-order valence-corrected chi connectivity index (χ4v) is 1.42. The molecule has 0 saturated carbocycles. The molecule has 2 amide bonds. The molecule has 0 aliphatic heterocycles. The van der Waals surface area contributed by atoms with Gasteiger partial charge in [0.2, 0.25) is 0 Å². The number of carbonyl (C=O) groups excluding carboxylic acids is 1. The molecule has 0 unspecified atom stereocenters. The van der Waals surface area contributed by atoms with Crippen LogP contribution in [0.3, 0.4) is 0 Å². The van der Waals surface area contributed by atoms with Crippen LogP contribution in [0.2, 0.25) is 0 Å². The first-order chi connectivity index (χ1) is 7.63. The Morgan fingerprint density at radius 1 is 1.38 bits per heavy atom. The molecular formula is C13H20N2O. The lowest BCUT2D eigenvalue weighted by Gasteiger charge is -2.12. The number of rotatable bonds is 4. The van der Waals surface area contributed by atoms with E-state index in [9.17, 15) is 4.79 Å². The number of nitrogens with one attached hydrogen (secondary N) is 1. The van der Waals surface area contributed by atoms with E-state index in [0.717, 1.165) is 12.1 Å². The Labute approximate surface area is 97.5 Å². The third kappa shape index (κ3) is 3.93. The molecule has 0 fully saturated rings. The van der Waals surface area contributed by atoms with Crippen molar-refractivity contribution in [2.75, 3.05) is 19.4 Å². The standard InChI is InChI=1S/C13H20N2O/c1-4-5-7-11-8-6-9-12(10-11)14-13(16)15(2)3/h6,8-10H,4-5,7H2,1-3H3,(H,14,16). The molecule has 0 aromatic heterocycles. The molecule has 0 spiro atoms. The summed E-state index contributed by atoms with van der Waals surface area (Å²) >= 11 is 0. The molecule has 16 heavy (non-hydrogen) atoms. The molecule has 1 aromatic carbocycles. The zero-order valence-electron chi connectivity index (χ0n) is 10.3. The van der Waals surface area contributed by atoms with Gasteiger partial charge in [0.1, 0.15) is 0 Å². The van der Waals surface area contributed by atoms with Crippen molar-refractivity contribution in [1.82, 2.24) is 4.90 Å². The molecule has 0 aliphatic rings. The normalized spacial score (nSPS) is 9.94. The van der Waals surface area contributed by atoms with Gasteiger partial charge in [0.05, 0.1) is 0 Å². The van der Waals surface area contributed by atoms with Crippen molar-refractivity contribution >= 4 is 11.7 Å². The van der Waals surface area contributed by atoms with Crippen molar-refractivity contribution in [2.45, 2.75) is 26.2 Å². The van der Waals surface area contributed by atoms with Crippen LogP contribution in [0.15, 0.2) is 24.3 Å².